The molecule has 122 valence electrons. The summed E-state index contributed by atoms with van der Waals surface area (Å²) in [5.74, 6) is 0.262. The Balaban J connectivity index is 2.05. The zero-order valence-electron chi connectivity index (χ0n) is 12.7. The Morgan fingerprint density at radius 1 is 1.39 bits per heavy atom. The van der Waals surface area contributed by atoms with E-state index in [0.717, 1.165) is 0 Å². The number of rotatable bonds is 6. The number of nitrogens with zero attached hydrogens (tertiary/aromatic N) is 2. The molecule has 0 aliphatic rings. The van der Waals surface area contributed by atoms with Gasteiger partial charge < -0.3 is 10.6 Å². The fourth-order valence-corrected chi connectivity index (χ4v) is 2.28. The number of hydrogen-bond donors (Lipinski definition) is 5. The summed E-state index contributed by atoms with van der Waals surface area (Å²) in [5, 5.41) is 21.1. The molecule has 0 saturated heterocycles. The molecule has 5 N–H and O–H groups in total. The highest BCUT2D eigenvalue weighted by molar-refractivity contribution is 7.92. The smallest absolute Gasteiger partial charge is 0.202 e. The predicted molar refractivity (Wildman–Crippen MR) is 91.4 cm³/mol. The van der Waals surface area contributed by atoms with Gasteiger partial charge in [0.25, 0.3) is 0 Å². The van der Waals surface area contributed by atoms with Gasteiger partial charge in [0.1, 0.15) is 13.7 Å². The number of aromatic nitrogens is 2. The van der Waals surface area contributed by atoms with E-state index in [1.807, 2.05) is 0 Å². The third kappa shape index (κ3) is 4.78. The van der Waals surface area contributed by atoms with Gasteiger partial charge in [0.05, 0.1) is 0 Å². The van der Waals surface area contributed by atoms with Crippen molar-refractivity contribution in [2.75, 3.05) is 29.2 Å². The van der Waals surface area contributed by atoms with Crippen LogP contribution in [-0.4, -0.2) is 42.5 Å². The molecule has 1 aromatic carbocycles. The van der Waals surface area contributed by atoms with Gasteiger partial charge in [-0.1, -0.05) is 15.1 Å². The largest absolute Gasteiger partial charge is 0.364 e. The third-order valence-corrected chi connectivity index (χ3v) is 3.98. The van der Waals surface area contributed by atoms with Crippen LogP contribution >= 0.6 is 0 Å². The number of amidine groups is 1. The van der Waals surface area contributed by atoms with Gasteiger partial charge in [-0.2, -0.15) is 0 Å². The maximum Gasteiger partial charge on any atom is 0.202 e. The van der Waals surface area contributed by atoms with E-state index in [9.17, 15) is 4.39 Å². The summed E-state index contributed by atoms with van der Waals surface area (Å²) in [5.41, 5.74) is 1.20. The molecular formula is C12H17BFN7OS. The van der Waals surface area contributed by atoms with Gasteiger partial charge in [0.2, 0.25) is 5.82 Å². The molecule has 8 nitrogen and oxygen atoms in total. The molecule has 0 atom stereocenters. The molecule has 23 heavy (non-hydrogen) atoms. The lowest BCUT2D eigenvalue weighted by atomic mass is 9.95. The molecule has 2 rings (SSSR count). The van der Waals surface area contributed by atoms with Gasteiger partial charge in [-0.25, -0.2) is 9.02 Å². The van der Waals surface area contributed by atoms with Crippen LogP contribution in [0.25, 0.3) is 0 Å². The van der Waals surface area contributed by atoms with E-state index in [2.05, 4.69) is 25.6 Å². The van der Waals surface area contributed by atoms with Crippen molar-refractivity contribution < 1.29 is 9.02 Å². The summed E-state index contributed by atoms with van der Waals surface area (Å²) in [4.78, 5) is 0. The molecule has 0 bridgehead atoms. The molecule has 0 spiro atoms. The van der Waals surface area contributed by atoms with E-state index in [-0.39, 0.29) is 23.2 Å². The van der Waals surface area contributed by atoms with Gasteiger partial charge in [-0.15, -0.1) is 0 Å². The van der Waals surface area contributed by atoms with Crippen molar-refractivity contribution in [3.8, 4) is 0 Å². The third-order valence-electron chi connectivity index (χ3n) is 2.96. The van der Waals surface area contributed by atoms with Crippen molar-refractivity contribution in [3.63, 3.8) is 0 Å². The van der Waals surface area contributed by atoms with Gasteiger partial charge >= 0.3 is 0 Å². The second-order valence-electron chi connectivity index (χ2n) is 5.14. The minimum atomic E-state index is -2.11. The Labute approximate surface area is 134 Å². The maximum atomic E-state index is 13.3. The second kappa shape index (κ2) is 6.77. The Bertz CT molecular complexity index is 821. The minimum Gasteiger partial charge on any atom is -0.364 e. The monoisotopic (exact) mass is 337 g/mol. The highest BCUT2D eigenvalue weighted by Gasteiger charge is 2.15. The Hall–Kier alpha value is -2.43. The summed E-state index contributed by atoms with van der Waals surface area (Å²) >= 11 is 0. The molecule has 0 fully saturated rings. The average Bonchev–Trinajstić information content (AvgIpc) is 2.90. The molecule has 11 heteroatoms. The van der Waals surface area contributed by atoms with Crippen molar-refractivity contribution in [1.29, 1.82) is 15.0 Å². The lowest BCUT2D eigenvalue weighted by Gasteiger charge is -2.09. The van der Waals surface area contributed by atoms with Crippen molar-refractivity contribution >= 4 is 40.3 Å². The summed E-state index contributed by atoms with van der Waals surface area (Å²) in [6, 6.07) is 4.42. The van der Waals surface area contributed by atoms with Crippen molar-refractivity contribution in [1.82, 2.24) is 10.3 Å². The van der Waals surface area contributed by atoms with E-state index in [0.29, 0.717) is 23.4 Å². The van der Waals surface area contributed by atoms with Crippen LogP contribution in [0, 0.1) is 20.8 Å². The number of nitrogens with one attached hydrogen (secondary N) is 5. The first-order valence-electron chi connectivity index (χ1n) is 6.70. The van der Waals surface area contributed by atoms with Gasteiger partial charge in [0, 0.05) is 24.2 Å². The van der Waals surface area contributed by atoms with Crippen LogP contribution < -0.4 is 16.1 Å². The van der Waals surface area contributed by atoms with Crippen LogP contribution in [-0.2, 0) is 9.62 Å². The molecule has 0 aliphatic carbocycles. The van der Waals surface area contributed by atoms with Crippen LogP contribution in [0.5, 0.6) is 0 Å². The van der Waals surface area contributed by atoms with Crippen LogP contribution in [0.1, 0.15) is 5.69 Å². The first kappa shape index (κ1) is 16.9. The van der Waals surface area contributed by atoms with E-state index in [1.165, 1.54) is 12.1 Å². The highest BCUT2D eigenvalue weighted by Crippen LogP contribution is 2.13. The van der Waals surface area contributed by atoms with Crippen molar-refractivity contribution in [2.45, 2.75) is 0 Å². The number of anilines is 2. The van der Waals surface area contributed by atoms with Gasteiger partial charge in [-0.3, -0.25) is 15.0 Å². The zero-order chi connectivity index (χ0) is 17.0. The van der Waals surface area contributed by atoms with Gasteiger partial charge in [0.15, 0.2) is 11.5 Å². The molecule has 2 aromatic rings. The van der Waals surface area contributed by atoms with Gasteiger partial charge in [-0.05, 0) is 28.5 Å². The first-order chi connectivity index (χ1) is 10.8. The Kier molecular flexibility index (Phi) is 4.99. The topological polar surface area (TPSA) is 135 Å². The predicted octanol–water partition coefficient (Wildman–Crippen LogP) is 0.625. The standard InChI is InChI=1S/C12H17BFN7OS/c1-23(16,17)5-4-18-12-10(20-22-21-12)11(15)19-7-2-3-9(14)8(13)6-7/h2-3,6,16-17H,4-5,13H2,1H3,(H2,15,19)(H,18,21). The fraction of sp³-hybridized carbons (Fsp3) is 0.250. The van der Waals surface area contributed by atoms with Crippen LogP contribution in [0.4, 0.5) is 15.9 Å². The maximum absolute atomic E-state index is 13.3. The van der Waals surface area contributed by atoms with Crippen molar-refractivity contribution in [3.05, 3.63) is 29.7 Å². The van der Waals surface area contributed by atoms with Crippen LogP contribution in [0.15, 0.2) is 22.8 Å². The molecule has 0 amide bonds. The van der Waals surface area contributed by atoms with E-state index in [1.54, 1.807) is 20.2 Å². The molecule has 0 aliphatic heterocycles. The number of hydrogen-bond acceptors (Lipinski definition) is 7. The van der Waals surface area contributed by atoms with Crippen LogP contribution in [0.3, 0.4) is 0 Å². The zero-order valence-corrected chi connectivity index (χ0v) is 13.6. The van der Waals surface area contributed by atoms with Crippen molar-refractivity contribution in [2.24, 2.45) is 0 Å². The fourth-order valence-electron chi connectivity index (χ4n) is 1.77. The SMILES string of the molecule is Bc1cc(NC(=N)c2nonc2NCCS(C)(=N)=N)ccc1F. The lowest BCUT2D eigenvalue weighted by Crippen LogP contribution is -2.19. The quantitative estimate of drug-likeness (QED) is 0.299. The molecular weight excluding hydrogens is 320 g/mol. The molecule has 0 saturated carbocycles. The summed E-state index contributed by atoms with van der Waals surface area (Å²) in [6.45, 7) is 0.364. The average molecular weight is 337 g/mol. The molecule has 1 aromatic heterocycles. The summed E-state index contributed by atoms with van der Waals surface area (Å²) in [6.07, 6.45) is 1.57. The highest BCUT2D eigenvalue weighted by atomic mass is 32.2. The Morgan fingerprint density at radius 3 is 2.78 bits per heavy atom. The molecule has 1 heterocycles. The van der Waals surface area contributed by atoms with E-state index in [4.69, 9.17) is 15.0 Å². The van der Waals surface area contributed by atoms with E-state index >= 15 is 0 Å². The lowest BCUT2D eigenvalue weighted by molar-refractivity contribution is 0.308. The second-order valence-corrected chi connectivity index (χ2v) is 7.73. The first-order valence-corrected chi connectivity index (χ1v) is 8.91. The molecule has 0 radical (unpaired) electrons. The number of benzene rings is 1. The molecule has 0 unspecified atom stereocenters. The van der Waals surface area contributed by atoms with E-state index < -0.39 is 9.62 Å². The normalized spacial score (nSPS) is 11.2. The van der Waals surface area contributed by atoms with Crippen LogP contribution in [0.2, 0.25) is 0 Å². The summed E-state index contributed by atoms with van der Waals surface area (Å²) < 4.78 is 33.0. The Morgan fingerprint density at radius 2 is 2.13 bits per heavy atom. The summed E-state index contributed by atoms with van der Waals surface area (Å²) in [7, 11) is -0.479. The number of halogens is 1. The minimum absolute atomic E-state index is 0.0494.